The van der Waals surface area contributed by atoms with Gasteiger partial charge in [0, 0.05) is 5.75 Å². The lowest BCUT2D eigenvalue weighted by Gasteiger charge is -2.24. The summed E-state index contributed by atoms with van der Waals surface area (Å²) in [5.74, 6) is 0.145. The topological polar surface area (TPSA) is 104 Å². The van der Waals surface area contributed by atoms with Crippen molar-refractivity contribution in [2.45, 2.75) is 26.4 Å². The van der Waals surface area contributed by atoms with Gasteiger partial charge in [-0.2, -0.15) is 0 Å². The third-order valence-corrected chi connectivity index (χ3v) is 3.22. The average Bonchev–Trinajstić information content (AvgIpc) is 2.25. The molecule has 0 aliphatic heterocycles. The summed E-state index contributed by atoms with van der Waals surface area (Å²) in [7, 11) is -2.04. The first kappa shape index (κ1) is 15.0. The number of ether oxygens (including phenoxy) is 1. The molecule has 6 heteroatoms. The molecule has 0 aliphatic carbocycles. The van der Waals surface area contributed by atoms with E-state index in [4.69, 9.17) is 20.2 Å². The van der Waals surface area contributed by atoms with E-state index in [2.05, 4.69) is 0 Å². The number of esters is 1. The number of carbonyl (C=O) groups is 1. The third-order valence-electron chi connectivity index (χ3n) is 2.30. The van der Waals surface area contributed by atoms with Gasteiger partial charge in [-0.25, -0.2) is 4.79 Å². The summed E-state index contributed by atoms with van der Waals surface area (Å²) < 4.78 is 5.18. The van der Waals surface area contributed by atoms with E-state index >= 15 is 0 Å². The minimum Gasteiger partial charge on any atom is -0.459 e. The van der Waals surface area contributed by atoms with Crippen LogP contribution >= 0.6 is 10.6 Å². The summed E-state index contributed by atoms with van der Waals surface area (Å²) in [5.41, 5.74) is 1.41. The van der Waals surface area contributed by atoms with Gasteiger partial charge in [0.1, 0.15) is 0 Å². The van der Waals surface area contributed by atoms with Crippen molar-refractivity contribution in [1.82, 2.24) is 0 Å². The SMILES string of the molecule is CC(C)OC(=O)c1ccccc1CCS(N)(N)N. The Labute approximate surface area is 109 Å². The monoisotopic (exact) mass is 271 g/mol. The second kappa shape index (κ2) is 6.19. The maximum Gasteiger partial charge on any atom is 0.338 e. The largest absolute Gasteiger partial charge is 0.459 e. The van der Waals surface area contributed by atoms with E-state index in [-0.39, 0.29) is 12.1 Å². The molecule has 0 bridgehead atoms. The van der Waals surface area contributed by atoms with E-state index < -0.39 is 10.6 Å². The molecule has 0 aliphatic rings. The molecule has 1 rings (SSSR count). The summed E-state index contributed by atoms with van der Waals surface area (Å²) in [6.07, 6.45) is 0.427. The molecule has 0 fully saturated rings. The first-order valence-electron chi connectivity index (χ1n) is 5.73. The van der Waals surface area contributed by atoms with Gasteiger partial charge in [0.2, 0.25) is 0 Å². The first-order valence-corrected chi connectivity index (χ1v) is 7.72. The van der Waals surface area contributed by atoms with Gasteiger partial charge < -0.3 is 4.74 Å². The number of benzene rings is 1. The zero-order valence-electron chi connectivity index (χ0n) is 10.8. The Kier molecular flexibility index (Phi) is 5.15. The Morgan fingerprint density at radius 1 is 1.28 bits per heavy atom. The molecule has 0 radical (unpaired) electrons. The Morgan fingerprint density at radius 2 is 1.89 bits per heavy atom. The van der Waals surface area contributed by atoms with E-state index in [0.29, 0.717) is 17.7 Å². The standard InChI is InChI=1S/C12H21N3O2S/c1-9(2)17-12(16)11-6-4-3-5-10(11)7-8-18(13,14)15/h3-6,9H,7-8,13-15H2,1-2H3. The molecular weight excluding hydrogens is 250 g/mol. The number of hydrogen-bond acceptors (Lipinski definition) is 5. The van der Waals surface area contributed by atoms with Gasteiger partial charge >= 0.3 is 5.97 Å². The third kappa shape index (κ3) is 5.05. The molecule has 0 atom stereocenters. The lowest BCUT2D eigenvalue weighted by molar-refractivity contribution is 0.0376. The van der Waals surface area contributed by atoms with Crippen molar-refractivity contribution in [1.29, 1.82) is 0 Å². The lowest BCUT2D eigenvalue weighted by atomic mass is 10.1. The van der Waals surface area contributed by atoms with Crippen LogP contribution in [0, 0.1) is 0 Å². The van der Waals surface area contributed by atoms with Crippen molar-refractivity contribution in [3.63, 3.8) is 0 Å². The highest BCUT2D eigenvalue weighted by atomic mass is 32.3. The van der Waals surface area contributed by atoms with Crippen LogP contribution < -0.4 is 15.4 Å². The van der Waals surface area contributed by atoms with Crippen molar-refractivity contribution in [2.24, 2.45) is 15.4 Å². The molecule has 0 heterocycles. The van der Waals surface area contributed by atoms with Gasteiger partial charge in [-0.15, -0.1) is 0 Å². The molecule has 6 N–H and O–H groups in total. The van der Waals surface area contributed by atoms with Crippen LogP contribution in [0.2, 0.25) is 0 Å². The second-order valence-electron chi connectivity index (χ2n) is 4.47. The fraction of sp³-hybridized carbons (Fsp3) is 0.417. The van der Waals surface area contributed by atoms with Crippen LogP contribution in [0.15, 0.2) is 24.3 Å². The zero-order chi connectivity index (χ0) is 13.8. The van der Waals surface area contributed by atoms with Gasteiger partial charge in [-0.3, -0.25) is 15.4 Å². The van der Waals surface area contributed by atoms with Gasteiger partial charge in [0.15, 0.2) is 0 Å². The van der Waals surface area contributed by atoms with Crippen molar-refractivity contribution in [3.8, 4) is 0 Å². The smallest absolute Gasteiger partial charge is 0.338 e. The number of carbonyl (C=O) groups excluding carboxylic acids is 1. The number of nitrogens with two attached hydrogens (primary N) is 3. The van der Waals surface area contributed by atoms with Crippen LogP contribution in [-0.2, 0) is 11.2 Å². The van der Waals surface area contributed by atoms with Crippen LogP contribution in [-0.4, -0.2) is 17.8 Å². The van der Waals surface area contributed by atoms with E-state index in [1.165, 1.54) is 0 Å². The first-order chi connectivity index (χ1) is 8.29. The van der Waals surface area contributed by atoms with Gasteiger partial charge in [-0.1, -0.05) is 28.8 Å². The normalized spacial score (nSPS) is 12.6. The Bertz CT molecular complexity index is 416. The van der Waals surface area contributed by atoms with Crippen molar-refractivity contribution >= 4 is 16.6 Å². The van der Waals surface area contributed by atoms with E-state index in [1.807, 2.05) is 26.0 Å². The van der Waals surface area contributed by atoms with E-state index in [1.54, 1.807) is 12.1 Å². The fourth-order valence-corrected chi connectivity index (χ4v) is 2.08. The summed E-state index contributed by atoms with van der Waals surface area (Å²) in [5, 5.41) is 16.8. The predicted molar refractivity (Wildman–Crippen MR) is 75.7 cm³/mol. The summed E-state index contributed by atoms with van der Waals surface area (Å²) >= 11 is 0. The Morgan fingerprint density at radius 3 is 2.44 bits per heavy atom. The molecule has 5 nitrogen and oxygen atoms in total. The second-order valence-corrected chi connectivity index (χ2v) is 6.70. The van der Waals surface area contributed by atoms with E-state index in [0.717, 1.165) is 5.56 Å². The zero-order valence-corrected chi connectivity index (χ0v) is 11.6. The fourth-order valence-electron chi connectivity index (χ4n) is 1.50. The maximum atomic E-state index is 11.9. The predicted octanol–water partition coefficient (Wildman–Crippen LogP) is 1.22. The number of aryl methyl sites for hydroxylation is 1. The molecule has 1 aromatic rings. The summed E-state index contributed by atoms with van der Waals surface area (Å²) in [6, 6.07) is 7.26. The summed E-state index contributed by atoms with van der Waals surface area (Å²) in [6.45, 7) is 3.63. The summed E-state index contributed by atoms with van der Waals surface area (Å²) in [4.78, 5) is 11.9. The Hall–Kier alpha value is -1.08. The van der Waals surface area contributed by atoms with Crippen molar-refractivity contribution < 1.29 is 9.53 Å². The van der Waals surface area contributed by atoms with Gasteiger partial charge in [-0.05, 0) is 31.9 Å². The highest BCUT2D eigenvalue weighted by molar-refractivity contribution is 8.28. The minimum absolute atomic E-state index is 0.145. The van der Waals surface area contributed by atoms with Crippen LogP contribution in [0.25, 0.3) is 0 Å². The lowest BCUT2D eigenvalue weighted by Crippen LogP contribution is -2.32. The molecule has 0 saturated carbocycles. The minimum atomic E-state index is -2.04. The average molecular weight is 271 g/mol. The number of rotatable bonds is 5. The van der Waals surface area contributed by atoms with E-state index in [9.17, 15) is 4.79 Å². The van der Waals surface area contributed by atoms with Crippen molar-refractivity contribution in [3.05, 3.63) is 35.4 Å². The molecule has 0 amide bonds. The van der Waals surface area contributed by atoms with Gasteiger partial charge in [0.05, 0.1) is 11.7 Å². The van der Waals surface area contributed by atoms with Crippen LogP contribution in [0.4, 0.5) is 0 Å². The molecule has 0 spiro atoms. The van der Waals surface area contributed by atoms with Crippen LogP contribution in [0.3, 0.4) is 0 Å². The highest BCUT2D eigenvalue weighted by Gasteiger charge is 2.15. The van der Waals surface area contributed by atoms with Crippen LogP contribution in [0.5, 0.6) is 0 Å². The molecule has 0 aromatic heterocycles. The molecule has 18 heavy (non-hydrogen) atoms. The molecular formula is C12H21N3O2S. The molecule has 1 aromatic carbocycles. The number of hydrogen-bond donors (Lipinski definition) is 3. The van der Waals surface area contributed by atoms with Crippen molar-refractivity contribution in [2.75, 3.05) is 5.75 Å². The molecule has 0 saturated heterocycles. The highest BCUT2D eigenvalue weighted by Crippen LogP contribution is 2.21. The molecule has 102 valence electrons. The van der Waals surface area contributed by atoms with Crippen LogP contribution in [0.1, 0.15) is 29.8 Å². The maximum absolute atomic E-state index is 11.9. The molecule has 0 unspecified atom stereocenters. The van der Waals surface area contributed by atoms with Gasteiger partial charge in [0.25, 0.3) is 0 Å². The quantitative estimate of drug-likeness (QED) is 0.698. The Balaban J connectivity index is 2.82.